The summed E-state index contributed by atoms with van der Waals surface area (Å²) >= 11 is 3.88. The normalized spacial score (nSPS) is 14.6. The summed E-state index contributed by atoms with van der Waals surface area (Å²) in [4.78, 5) is 14.2. The van der Waals surface area contributed by atoms with Gasteiger partial charge in [0.25, 0.3) is 0 Å². The third-order valence-corrected chi connectivity index (χ3v) is 7.35. The van der Waals surface area contributed by atoms with Gasteiger partial charge < -0.3 is 25.3 Å². The van der Waals surface area contributed by atoms with Gasteiger partial charge in [0.05, 0.1) is 12.2 Å². The second-order valence-electron chi connectivity index (χ2n) is 7.93. The Balaban J connectivity index is 1.58. The molecule has 0 radical (unpaired) electrons. The quantitative estimate of drug-likeness (QED) is 0.187. The first-order chi connectivity index (χ1) is 14.7. The number of halogens is 1. The fourth-order valence-corrected chi connectivity index (χ4v) is 5.10. The lowest BCUT2D eigenvalue weighted by molar-refractivity contribution is -0.0646. The second-order valence-corrected chi connectivity index (χ2v) is 10.1. The van der Waals surface area contributed by atoms with Gasteiger partial charge in [0.2, 0.25) is 0 Å². The van der Waals surface area contributed by atoms with Crippen molar-refractivity contribution in [2.45, 2.75) is 55.1 Å². The highest BCUT2D eigenvalue weighted by Crippen LogP contribution is 2.38. The number of nitrogens with zero attached hydrogens (tertiary/aromatic N) is 4. The molecule has 0 aliphatic carbocycles. The third-order valence-electron chi connectivity index (χ3n) is 5.04. The lowest BCUT2D eigenvalue weighted by atomic mass is 10.1. The number of anilines is 1. The molecule has 3 heterocycles. The molecule has 0 amide bonds. The molecule has 9 nitrogen and oxygen atoms in total. The zero-order valence-electron chi connectivity index (χ0n) is 17.3. The first-order valence-electron chi connectivity index (χ1n) is 9.97. The average Bonchev–Trinajstić information content (AvgIpc) is 3.29. The van der Waals surface area contributed by atoms with Crippen molar-refractivity contribution < 1.29 is 14.9 Å². The van der Waals surface area contributed by atoms with Crippen molar-refractivity contribution in [1.82, 2.24) is 24.8 Å². The van der Waals surface area contributed by atoms with Crippen LogP contribution in [0.15, 0.2) is 28.5 Å². The lowest BCUT2D eigenvalue weighted by Crippen LogP contribution is -2.47. The number of imidazole rings is 1. The first kappa shape index (κ1) is 22.5. The predicted octanol–water partition coefficient (Wildman–Crippen LogP) is 2.17. The van der Waals surface area contributed by atoms with Crippen molar-refractivity contribution in [2.24, 2.45) is 0 Å². The summed E-state index contributed by atoms with van der Waals surface area (Å²) in [7, 11) is 0. The maximum absolute atomic E-state index is 9.97. The number of benzene rings is 1. The van der Waals surface area contributed by atoms with Crippen molar-refractivity contribution in [3.8, 4) is 5.75 Å². The van der Waals surface area contributed by atoms with Crippen LogP contribution in [0.3, 0.4) is 0 Å². The lowest BCUT2D eigenvalue weighted by Gasteiger charge is -2.25. The van der Waals surface area contributed by atoms with Gasteiger partial charge in [-0.2, -0.15) is 0 Å². The van der Waals surface area contributed by atoms with E-state index in [9.17, 15) is 10.2 Å². The first-order valence-corrected chi connectivity index (χ1v) is 11.9. The van der Waals surface area contributed by atoms with Gasteiger partial charge in [-0.3, -0.25) is 5.32 Å². The highest BCUT2D eigenvalue weighted by atomic mass is 127. The van der Waals surface area contributed by atoms with Gasteiger partial charge in [-0.25, -0.2) is 15.0 Å². The Morgan fingerprint density at radius 2 is 2.19 bits per heavy atom. The summed E-state index contributed by atoms with van der Waals surface area (Å²) in [5.41, 5.74) is 7.31. The van der Waals surface area contributed by atoms with E-state index in [2.05, 4.69) is 50.0 Å². The topological polar surface area (TPSA) is 131 Å². The van der Waals surface area contributed by atoms with E-state index >= 15 is 0 Å². The highest BCUT2D eigenvalue weighted by molar-refractivity contribution is 14.1. The van der Waals surface area contributed by atoms with Crippen molar-refractivity contribution >= 4 is 51.3 Å². The summed E-state index contributed by atoms with van der Waals surface area (Å²) in [5.74, 6) is 1.27. The smallest absolute Gasteiger partial charge is 0.175 e. The molecule has 31 heavy (non-hydrogen) atoms. The number of aliphatic hydroxyl groups excluding tert-OH is 1. The number of hydrogen-bond donors (Lipinski definition) is 4. The van der Waals surface area contributed by atoms with Crippen LogP contribution in [0.1, 0.15) is 25.8 Å². The number of nitrogen functional groups attached to an aromatic ring is 1. The molecule has 166 valence electrons. The molecule has 0 saturated carbocycles. The summed E-state index contributed by atoms with van der Waals surface area (Å²) in [5, 5.41) is 23.5. The SMILES string of the molecule is CC(C)(O)C(O)NCCCn1c(Sc2cc3c(cc2I)CCO3)nc2c(N)ncnc21. The van der Waals surface area contributed by atoms with Crippen LogP contribution < -0.4 is 15.8 Å². The van der Waals surface area contributed by atoms with E-state index in [0.717, 1.165) is 25.8 Å². The largest absolute Gasteiger partial charge is 0.493 e. The molecule has 2 aromatic heterocycles. The van der Waals surface area contributed by atoms with Crippen molar-refractivity contribution in [2.75, 3.05) is 18.9 Å². The van der Waals surface area contributed by atoms with Gasteiger partial charge in [0.15, 0.2) is 22.1 Å². The second kappa shape index (κ2) is 9.06. The van der Waals surface area contributed by atoms with Crippen molar-refractivity contribution in [3.05, 3.63) is 27.6 Å². The Kier molecular flexibility index (Phi) is 6.58. The van der Waals surface area contributed by atoms with E-state index in [4.69, 9.17) is 15.5 Å². The molecule has 0 fully saturated rings. The molecule has 1 unspecified atom stereocenters. The number of nitrogens with one attached hydrogen (secondary N) is 1. The summed E-state index contributed by atoms with van der Waals surface area (Å²) in [6, 6.07) is 4.23. The molecule has 1 aromatic carbocycles. The van der Waals surface area contributed by atoms with E-state index < -0.39 is 11.8 Å². The van der Waals surface area contributed by atoms with E-state index in [0.29, 0.717) is 43.1 Å². The van der Waals surface area contributed by atoms with E-state index in [1.807, 2.05) is 4.57 Å². The van der Waals surface area contributed by atoms with Gasteiger partial charge in [0, 0.05) is 21.4 Å². The molecule has 0 spiro atoms. The molecule has 3 aromatic rings. The Bertz CT molecular complexity index is 1100. The fourth-order valence-electron chi connectivity index (χ4n) is 3.29. The highest BCUT2D eigenvalue weighted by Gasteiger charge is 2.24. The summed E-state index contributed by atoms with van der Waals surface area (Å²) in [6.45, 7) is 4.96. The number of aliphatic hydroxyl groups is 2. The molecule has 11 heteroatoms. The van der Waals surface area contributed by atoms with Crippen molar-refractivity contribution in [1.29, 1.82) is 0 Å². The maximum atomic E-state index is 9.97. The number of ether oxygens (including phenoxy) is 1. The van der Waals surface area contributed by atoms with E-state index in [-0.39, 0.29) is 0 Å². The minimum atomic E-state index is -1.21. The predicted molar refractivity (Wildman–Crippen MR) is 127 cm³/mol. The van der Waals surface area contributed by atoms with Crippen LogP contribution in [0, 0.1) is 3.57 Å². The number of fused-ring (bicyclic) bond motifs is 2. The van der Waals surface area contributed by atoms with E-state index in [1.165, 1.54) is 11.9 Å². The number of nitrogens with two attached hydrogens (primary N) is 1. The number of hydrogen-bond acceptors (Lipinski definition) is 9. The van der Waals surface area contributed by atoms with Gasteiger partial charge >= 0.3 is 0 Å². The Morgan fingerprint density at radius 1 is 1.39 bits per heavy atom. The summed E-state index contributed by atoms with van der Waals surface area (Å²) < 4.78 is 8.88. The van der Waals surface area contributed by atoms with Gasteiger partial charge in [-0.1, -0.05) is 11.8 Å². The molecule has 4 rings (SSSR count). The Labute approximate surface area is 198 Å². The van der Waals surface area contributed by atoms with Crippen LogP contribution >= 0.6 is 34.4 Å². The molecular weight excluding hydrogens is 531 g/mol. The number of aryl methyl sites for hydroxylation is 1. The molecule has 0 saturated heterocycles. The zero-order chi connectivity index (χ0) is 22.2. The standard InChI is InChI=1S/C20H25IN6O3S/c1-20(2,29)18(28)23-5-3-6-27-17-15(16(22)24-10-25-17)26-19(27)31-14-9-13-11(4-7-30-13)8-12(14)21/h8-10,18,23,28-29H,3-7H2,1-2H3,(H2,22,24,25). The third kappa shape index (κ3) is 4.90. The Hall–Kier alpha value is -1.67. The van der Waals surface area contributed by atoms with Gasteiger partial charge in [-0.15, -0.1) is 0 Å². The van der Waals surface area contributed by atoms with E-state index in [1.54, 1.807) is 25.6 Å². The van der Waals surface area contributed by atoms with Crippen LogP contribution in [0.25, 0.3) is 11.2 Å². The zero-order valence-corrected chi connectivity index (χ0v) is 20.3. The fraction of sp³-hybridized carbons (Fsp3) is 0.450. The monoisotopic (exact) mass is 556 g/mol. The van der Waals surface area contributed by atoms with Crippen LogP contribution in [0.5, 0.6) is 5.75 Å². The van der Waals surface area contributed by atoms with Crippen LogP contribution in [-0.4, -0.2) is 54.7 Å². The van der Waals surface area contributed by atoms with Crippen LogP contribution in [-0.2, 0) is 13.0 Å². The molecule has 1 aliphatic heterocycles. The van der Waals surface area contributed by atoms with Gasteiger partial charge in [-0.05, 0) is 67.1 Å². The Morgan fingerprint density at radius 3 is 2.97 bits per heavy atom. The molecular formula is C20H25IN6O3S. The number of rotatable bonds is 8. The maximum Gasteiger partial charge on any atom is 0.175 e. The summed E-state index contributed by atoms with van der Waals surface area (Å²) in [6.07, 6.45) is 2.06. The molecule has 5 N–H and O–H groups in total. The van der Waals surface area contributed by atoms with Crippen LogP contribution in [0.2, 0.25) is 0 Å². The molecule has 1 aliphatic rings. The average molecular weight is 556 g/mol. The minimum absolute atomic E-state index is 0.341. The minimum Gasteiger partial charge on any atom is -0.493 e. The molecule has 0 bridgehead atoms. The van der Waals surface area contributed by atoms with Gasteiger partial charge in [0.1, 0.15) is 18.3 Å². The molecule has 1 atom stereocenters. The number of aromatic nitrogens is 4. The van der Waals surface area contributed by atoms with Crippen LogP contribution in [0.4, 0.5) is 5.82 Å². The van der Waals surface area contributed by atoms with Crippen molar-refractivity contribution in [3.63, 3.8) is 0 Å².